The van der Waals surface area contributed by atoms with E-state index < -0.39 is 5.60 Å². The van der Waals surface area contributed by atoms with E-state index in [0.717, 1.165) is 19.5 Å². The Bertz CT molecular complexity index is 622. The van der Waals surface area contributed by atoms with Crippen molar-refractivity contribution < 1.29 is 9.53 Å². The maximum absolute atomic E-state index is 12.8. The summed E-state index contributed by atoms with van der Waals surface area (Å²) in [6, 6.07) is 4.58. The summed E-state index contributed by atoms with van der Waals surface area (Å²) in [5, 5.41) is 0. The number of carbonyl (C=O) groups is 1. The molecule has 1 aliphatic rings. The summed E-state index contributed by atoms with van der Waals surface area (Å²) in [4.78, 5) is 21.7. The Hall–Kier alpha value is -1.62. The number of rotatable bonds is 6. The number of carbonyl (C=O) groups excluding carboxylic acids is 1. The Labute approximate surface area is 171 Å². The Kier molecular flexibility index (Phi) is 7.87. The lowest BCUT2D eigenvalue weighted by Crippen LogP contribution is -2.42. The molecule has 2 atom stereocenters. The first-order chi connectivity index (χ1) is 13.1. The maximum atomic E-state index is 12.8. The first-order valence-electron chi connectivity index (χ1n) is 10.8. The van der Waals surface area contributed by atoms with Crippen molar-refractivity contribution in [3.8, 4) is 0 Å². The molecule has 0 aromatic carbocycles. The Morgan fingerprint density at radius 1 is 1.29 bits per heavy atom. The summed E-state index contributed by atoms with van der Waals surface area (Å²) < 4.78 is 5.62. The molecule has 5 nitrogen and oxygen atoms in total. The number of ether oxygens (including phenoxy) is 1. The van der Waals surface area contributed by atoms with Gasteiger partial charge in [-0.2, -0.15) is 0 Å². The van der Waals surface area contributed by atoms with Gasteiger partial charge in [-0.1, -0.05) is 33.3 Å². The Balaban J connectivity index is 2.22. The summed E-state index contributed by atoms with van der Waals surface area (Å²) in [5.41, 5.74) is 0.722. The van der Waals surface area contributed by atoms with Gasteiger partial charge in [-0.25, -0.2) is 9.78 Å². The molecule has 28 heavy (non-hydrogen) atoms. The van der Waals surface area contributed by atoms with Crippen LogP contribution in [0.4, 0.5) is 10.6 Å². The van der Waals surface area contributed by atoms with Crippen LogP contribution in [0.3, 0.4) is 0 Å². The molecule has 0 saturated carbocycles. The molecule has 0 unspecified atom stereocenters. The minimum absolute atomic E-state index is 0.0281. The summed E-state index contributed by atoms with van der Waals surface area (Å²) in [6.45, 7) is 16.6. The second kappa shape index (κ2) is 9.73. The maximum Gasteiger partial charge on any atom is 0.416 e. The summed E-state index contributed by atoms with van der Waals surface area (Å²) >= 11 is 0. The van der Waals surface area contributed by atoms with Crippen LogP contribution in [-0.4, -0.2) is 40.7 Å². The van der Waals surface area contributed by atoms with Gasteiger partial charge < -0.3 is 4.74 Å². The number of hydrogen-bond acceptors (Lipinski definition) is 4. The molecule has 0 N–H and O–H groups in total. The molecule has 0 aliphatic carbocycles. The van der Waals surface area contributed by atoms with E-state index in [1.807, 2.05) is 40.0 Å². The van der Waals surface area contributed by atoms with Gasteiger partial charge in [0.15, 0.2) is 0 Å². The third kappa shape index (κ3) is 6.20. The largest absolute Gasteiger partial charge is 0.443 e. The zero-order chi connectivity index (χ0) is 20.9. The molecule has 1 amide bonds. The zero-order valence-corrected chi connectivity index (χ0v) is 18.9. The number of nitrogens with zero attached hydrogens (tertiary/aromatic N) is 3. The van der Waals surface area contributed by atoms with Gasteiger partial charge >= 0.3 is 6.09 Å². The van der Waals surface area contributed by atoms with Gasteiger partial charge in [0.25, 0.3) is 0 Å². The van der Waals surface area contributed by atoms with Gasteiger partial charge in [-0.15, -0.1) is 0 Å². The first kappa shape index (κ1) is 22.7. The van der Waals surface area contributed by atoms with E-state index in [1.165, 1.54) is 24.8 Å². The third-order valence-corrected chi connectivity index (χ3v) is 5.24. The van der Waals surface area contributed by atoms with E-state index in [0.29, 0.717) is 17.8 Å². The number of aromatic nitrogens is 1. The van der Waals surface area contributed by atoms with E-state index in [1.54, 1.807) is 4.90 Å². The number of anilines is 1. The highest BCUT2D eigenvalue weighted by molar-refractivity contribution is 5.87. The molecule has 2 rings (SSSR count). The predicted molar refractivity (Wildman–Crippen MR) is 116 cm³/mol. The quantitative estimate of drug-likeness (QED) is 0.616. The molecule has 0 radical (unpaired) electrons. The van der Waals surface area contributed by atoms with Crippen LogP contribution in [0, 0.1) is 5.92 Å². The van der Waals surface area contributed by atoms with E-state index in [2.05, 4.69) is 36.7 Å². The molecule has 0 bridgehead atoms. The molecule has 158 valence electrons. The molecule has 1 aromatic rings. The summed E-state index contributed by atoms with van der Waals surface area (Å²) in [6.07, 6.45) is 6.18. The lowest BCUT2D eigenvalue weighted by atomic mass is 9.95. The Morgan fingerprint density at radius 2 is 2.00 bits per heavy atom. The van der Waals surface area contributed by atoms with Crippen molar-refractivity contribution in [1.29, 1.82) is 0 Å². The monoisotopic (exact) mass is 389 g/mol. The van der Waals surface area contributed by atoms with Crippen LogP contribution >= 0.6 is 0 Å². The smallest absolute Gasteiger partial charge is 0.416 e. The van der Waals surface area contributed by atoms with Crippen molar-refractivity contribution in [2.75, 3.05) is 18.0 Å². The van der Waals surface area contributed by atoms with E-state index >= 15 is 0 Å². The minimum atomic E-state index is -0.526. The van der Waals surface area contributed by atoms with Crippen molar-refractivity contribution >= 4 is 11.9 Å². The van der Waals surface area contributed by atoms with E-state index in [4.69, 9.17) is 4.74 Å². The van der Waals surface area contributed by atoms with Gasteiger partial charge in [0.2, 0.25) is 0 Å². The lowest BCUT2D eigenvalue weighted by Gasteiger charge is -2.37. The fourth-order valence-electron chi connectivity index (χ4n) is 3.79. The second-order valence-electron chi connectivity index (χ2n) is 9.46. The minimum Gasteiger partial charge on any atom is -0.443 e. The number of amides is 1. The zero-order valence-electron chi connectivity index (χ0n) is 18.9. The Morgan fingerprint density at radius 3 is 2.54 bits per heavy atom. The van der Waals surface area contributed by atoms with Crippen LogP contribution < -0.4 is 4.90 Å². The molecule has 1 saturated heterocycles. The highest BCUT2D eigenvalue weighted by atomic mass is 16.6. The highest BCUT2D eigenvalue weighted by Crippen LogP contribution is 2.32. The fraction of sp³-hybridized carbons (Fsp3) is 0.739. The lowest BCUT2D eigenvalue weighted by molar-refractivity contribution is 0.0566. The van der Waals surface area contributed by atoms with Gasteiger partial charge in [-0.3, -0.25) is 9.80 Å². The van der Waals surface area contributed by atoms with Crippen molar-refractivity contribution in [1.82, 2.24) is 9.88 Å². The van der Waals surface area contributed by atoms with E-state index in [9.17, 15) is 4.79 Å². The van der Waals surface area contributed by atoms with Gasteiger partial charge in [0, 0.05) is 24.8 Å². The highest BCUT2D eigenvalue weighted by Gasteiger charge is 2.29. The molecule has 5 heteroatoms. The molecule has 1 aliphatic heterocycles. The van der Waals surface area contributed by atoms with Crippen LogP contribution in [-0.2, 0) is 4.74 Å². The molecular formula is C23H39N3O2. The standard InChI is InChI=1S/C23H39N3O2/c1-8-18(4)26(22(27)28-23(5,6)7)21-13-12-19(15-24-21)20-11-9-10-14-25(20)16-17(2)3/h12-13,15,17-18,20H,8-11,14,16H2,1-7H3/t18-,20-/m1/s1. The predicted octanol–water partition coefficient (Wildman–Crippen LogP) is 5.80. The summed E-state index contributed by atoms with van der Waals surface area (Å²) in [7, 11) is 0. The number of likely N-dealkylation sites (tertiary alicyclic amines) is 1. The summed E-state index contributed by atoms with van der Waals surface area (Å²) in [5.74, 6) is 1.32. The number of hydrogen-bond donors (Lipinski definition) is 0. The van der Waals surface area contributed by atoms with Crippen molar-refractivity contribution in [2.45, 2.75) is 91.8 Å². The van der Waals surface area contributed by atoms with Crippen molar-refractivity contribution in [3.05, 3.63) is 23.9 Å². The van der Waals surface area contributed by atoms with Crippen LogP contribution in [0.1, 0.15) is 85.8 Å². The van der Waals surface area contributed by atoms with Gasteiger partial charge in [0.05, 0.1) is 0 Å². The topological polar surface area (TPSA) is 45.7 Å². The molecule has 1 fully saturated rings. The number of piperidine rings is 1. The normalized spacial score (nSPS) is 19.5. The fourth-order valence-corrected chi connectivity index (χ4v) is 3.79. The van der Waals surface area contributed by atoms with Crippen molar-refractivity contribution in [3.63, 3.8) is 0 Å². The first-order valence-corrected chi connectivity index (χ1v) is 10.8. The van der Waals surface area contributed by atoms with Gasteiger partial charge in [-0.05, 0) is 71.0 Å². The molecular weight excluding hydrogens is 350 g/mol. The average molecular weight is 390 g/mol. The van der Waals surface area contributed by atoms with Crippen LogP contribution in [0.25, 0.3) is 0 Å². The van der Waals surface area contributed by atoms with E-state index in [-0.39, 0.29) is 12.1 Å². The van der Waals surface area contributed by atoms with Crippen LogP contribution in [0.2, 0.25) is 0 Å². The van der Waals surface area contributed by atoms with Crippen LogP contribution in [0.15, 0.2) is 18.3 Å². The second-order valence-corrected chi connectivity index (χ2v) is 9.46. The van der Waals surface area contributed by atoms with Crippen LogP contribution in [0.5, 0.6) is 0 Å². The average Bonchev–Trinajstić information content (AvgIpc) is 2.61. The van der Waals surface area contributed by atoms with Crippen molar-refractivity contribution in [2.24, 2.45) is 5.92 Å². The molecule has 1 aromatic heterocycles. The molecule has 2 heterocycles. The van der Waals surface area contributed by atoms with Gasteiger partial charge in [0.1, 0.15) is 11.4 Å². The molecule has 0 spiro atoms. The SMILES string of the molecule is CC[C@@H](C)N(C(=O)OC(C)(C)C)c1ccc([C@H]2CCCCN2CC(C)C)cn1. The third-order valence-electron chi connectivity index (χ3n) is 5.24. The number of pyridine rings is 1.